The lowest BCUT2D eigenvalue weighted by Gasteiger charge is -2.09. The van der Waals surface area contributed by atoms with Crippen LogP contribution in [0.2, 0.25) is 0 Å². The van der Waals surface area contributed by atoms with Gasteiger partial charge in [-0.2, -0.15) is 13.2 Å². The minimum absolute atomic E-state index is 0.253. The molecule has 0 aliphatic heterocycles. The van der Waals surface area contributed by atoms with E-state index in [1.54, 1.807) is 18.2 Å². The van der Waals surface area contributed by atoms with Gasteiger partial charge in [0.25, 0.3) is 0 Å². The molecule has 0 bridgehead atoms. The van der Waals surface area contributed by atoms with Crippen molar-refractivity contribution in [1.82, 2.24) is 0 Å². The van der Waals surface area contributed by atoms with Crippen molar-refractivity contribution in [3.8, 4) is 11.1 Å². The smallest absolute Gasteiger partial charge is 0.384 e. The molecule has 0 heterocycles. The van der Waals surface area contributed by atoms with Gasteiger partial charge in [0.1, 0.15) is 6.10 Å². The molecule has 1 aliphatic carbocycles. The van der Waals surface area contributed by atoms with Gasteiger partial charge in [0.05, 0.1) is 0 Å². The molecule has 0 aromatic heterocycles. The molecule has 1 unspecified atom stereocenters. The van der Waals surface area contributed by atoms with Crippen LogP contribution < -0.4 is 0 Å². The van der Waals surface area contributed by atoms with Crippen molar-refractivity contribution in [2.24, 2.45) is 0 Å². The lowest BCUT2D eigenvalue weighted by Crippen LogP contribution is -2.24. The first-order valence-electron chi connectivity index (χ1n) is 6.38. The fourth-order valence-electron chi connectivity index (χ4n) is 2.63. The van der Waals surface area contributed by atoms with Gasteiger partial charge in [-0.05, 0) is 27.8 Å². The number of hydrogen-bond donors (Lipinski definition) is 1. The zero-order valence-corrected chi connectivity index (χ0v) is 10.8. The van der Waals surface area contributed by atoms with Crippen LogP contribution in [0.15, 0.2) is 42.5 Å². The van der Waals surface area contributed by atoms with Crippen LogP contribution in [0, 0.1) is 0 Å². The Morgan fingerprint density at radius 2 is 1.71 bits per heavy atom. The summed E-state index contributed by atoms with van der Waals surface area (Å²) >= 11 is 0. The summed E-state index contributed by atoms with van der Waals surface area (Å²) in [7, 11) is 0. The fourth-order valence-corrected chi connectivity index (χ4v) is 2.63. The third-order valence-electron chi connectivity index (χ3n) is 3.64. The topological polar surface area (TPSA) is 37.3 Å². The van der Waals surface area contributed by atoms with E-state index in [1.165, 1.54) is 12.1 Å². The first-order valence-corrected chi connectivity index (χ1v) is 6.38. The number of alkyl halides is 3. The van der Waals surface area contributed by atoms with Crippen LogP contribution in [0.3, 0.4) is 0 Å². The highest BCUT2D eigenvalue weighted by Crippen LogP contribution is 2.43. The molecular weight excluding hydrogens is 281 g/mol. The largest absolute Gasteiger partial charge is 0.450 e. The zero-order chi connectivity index (χ0) is 15.2. The average molecular weight is 292 g/mol. The van der Waals surface area contributed by atoms with E-state index in [0.29, 0.717) is 5.56 Å². The Bertz CT molecular complexity index is 720. The van der Waals surface area contributed by atoms with Crippen LogP contribution >= 0.6 is 0 Å². The Hall–Kier alpha value is -2.14. The van der Waals surface area contributed by atoms with Gasteiger partial charge < -0.3 is 5.11 Å². The molecule has 3 rings (SSSR count). The van der Waals surface area contributed by atoms with Crippen LogP contribution in [0.4, 0.5) is 13.2 Å². The Morgan fingerprint density at radius 1 is 1.05 bits per heavy atom. The molecule has 0 radical (unpaired) electrons. The van der Waals surface area contributed by atoms with Crippen molar-refractivity contribution in [3.63, 3.8) is 0 Å². The number of carbonyl (C=O) groups is 1. The number of halogens is 3. The van der Waals surface area contributed by atoms with E-state index in [-0.39, 0.29) is 5.56 Å². The standard InChI is InChI=1S/C16H11F3O2/c17-16(18,19)14(20)8-9-5-6-11-10-3-1-2-4-12(10)15(21)13(11)7-9/h1-7,15,21H,8H2. The number of fused-ring (bicyclic) bond motifs is 3. The van der Waals surface area contributed by atoms with Gasteiger partial charge in [-0.15, -0.1) is 0 Å². The second kappa shape index (κ2) is 4.70. The monoisotopic (exact) mass is 292 g/mol. The Kier molecular flexibility index (Phi) is 3.10. The number of aliphatic hydroxyl groups excluding tert-OH is 1. The lowest BCUT2D eigenvalue weighted by atomic mass is 10.0. The summed E-state index contributed by atoms with van der Waals surface area (Å²) in [6.07, 6.45) is -6.40. The lowest BCUT2D eigenvalue weighted by molar-refractivity contribution is -0.170. The molecule has 2 aromatic rings. The molecule has 108 valence electrons. The molecule has 5 heteroatoms. The minimum atomic E-state index is -4.83. The minimum Gasteiger partial charge on any atom is -0.384 e. The molecule has 0 spiro atoms. The third-order valence-corrected chi connectivity index (χ3v) is 3.64. The van der Waals surface area contributed by atoms with Gasteiger partial charge in [0.15, 0.2) is 0 Å². The van der Waals surface area contributed by atoms with Crippen molar-refractivity contribution in [2.75, 3.05) is 0 Å². The van der Waals surface area contributed by atoms with Crippen molar-refractivity contribution >= 4 is 5.78 Å². The number of aliphatic hydroxyl groups is 1. The van der Waals surface area contributed by atoms with E-state index in [0.717, 1.165) is 16.7 Å². The first kappa shape index (κ1) is 13.8. The molecule has 21 heavy (non-hydrogen) atoms. The van der Waals surface area contributed by atoms with E-state index in [9.17, 15) is 23.1 Å². The summed E-state index contributed by atoms with van der Waals surface area (Å²) in [5.74, 6) is -1.78. The Balaban J connectivity index is 1.96. The van der Waals surface area contributed by atoms with E-state index in [1.807, 2.05) is 12.1 Å². The van der Waals surface area contributed by atoms with Gasteiger partial charge in [-0.3, -0.25) is 4.79 Å². The van der Waals surface area contributed by atoms with E-state index >= 15 is 0 Å². The molecule has 1 N–H and O–H groups in total. The molecule has 1 atom stereocenters. The van der Waals surface area contributed by atoms with E-state index < -0.39 is 24.5 Å². The average Bonchev–Trinajstić information content (AvgIpc) is 2.72. The summed E-state index contributed by atoms with van der Waals surface area (Å²) in [5, 5.41) is 10.2. The summed E-state index contributed by atoms with van der Waals surface area (Å²) in [6.45, 7) is 0. The molecular formula is C16H11F3O2. The predicted octanol–water partition coefficient (Wildman–Crippen LogP) is 3.42. The van der Waals surface area contributed by atoms with Crippen LogP contribution in [0.1, 0.15) is 22.8 Å². The van der Waals surface area contributed by atoms with E-state index in [4.69, 9.17) is 0 Å². The highest BCUT2D eigenvalue weighted by molar-refractivity contribution is 5.86. The second-order valence-electron chi connectivity index (χ2n) is 5.01. The fraction of sp³-hybridized carbons (Fsp3) is 0.188. The quantitative estimate of drug-likeness (QED) is 0.921. The molecule has 0 amide bonds. The van der Waals surface area contributed by atoms with Gasteiger partial charge in [0, 0.05) is 6.42 Å². The maximum atomic E-state index is 12.3. The summed E-state index contributed by atoms with van der Waals surface area (Å²) in [6, 6.07) is 11.9. The first-order chi connectivity index (χ1) is 9.88. The number of hydrogen-bond acceptors (Lipinski definition) is 2. The molecule has 0 fully saturated rings. The number of Topliss-reactive ketones (excluding diaryl/α,β-unsaturated/α-hetero) is 1. The van der Waals surface area contributed by atoms with Crippen LogP contribution in [0.25, 0.3) is 11.1 Å². The predicted molar refractivity (Wildman–Crippen MR) is 70.7 cm³/mol. The maximum absolute atomic E-state index is 12.3. The second-order valence-corrected chi connectivity index (χ2v) is 5.01. The van der Waals surface area contributed by atoms with Crippen molar-refractivity contribution in [3.05, 3.63) is 59.2 Å². The number of ketones is 1. The van der Waals surface area contributed by atoms with Gasteiger partial charge in [-0.1, -0.05) is 42.5 Å². The normalized spacial score (nSPS) is 16.5. The number of rotatable bonds is 2. The van der Waals surface area contributed by atoms with Crippen molar-refractivity contribution in [2.45, 2.75) is 18.7 Å². The van der Waals surface area contributed by atoms with Gasteiger partial charge in [0.2, 0.25) is 5.78 Å². The highest BCUT2D eigenvalue weighted by Gasteiger charge is 2.38. The molecule has 0 saturated heterocycles. The molecule has 2 nitrogen and oxygen atoms in total. The Morgan fingerprint density at radius 3 is 2.43 bits per heavy atom. The van der Waals surface area contributed by atoms with Crippen LogP contribution in [-0.4, -0.2) is 17.1 Å². The van der Waals surface area contributed by atoms with Crippen molar-refractivity contribution < 1.29 is 23.1 Å². The molecule has 2 aromatic carbocycles. The van der Waals surface area contributed by atoms with Gasteiger partial charge in [-0.25, -0.2) is 0 Å². The molecule has 1 aliphatic rings. The number of carbonyl (C=O) groups excluding carboxylic acids is 1. The Labute approximate surface area is 118 Å². The summed E-state index contributed by atoms with van der Waals surface area (Å²) in [4.78, 5) is 11.0. The van der Waals surface area contributed by atoms with Crippen LogP contribution in [0.5, 0.6) is 0 Å². The van der Waals surface area contributed by atoms with E-state index in [2.05, 4.69) is 0 Å². The zero-order valence-electron chi connectivity index (χ0n) is 10.8. The highest BCUT2D eigenvalue weighted by atomic mass is 19.4. The van der Waals surface area contributed by atoms with Crippen molar-refractivity contribution in [1.29, 1.82) is 0 Å². The van der Waals surface area contributed by atoms with Gasteiger partial charge >= 0.3 is 6.18 Å². The summed E-state index contributed by atoms with van der Waals surface area (Å²) < 4.78 is 36.9. The summed E-state index contributed by atoms with van der Waals surface area (Å²) in [5.41, 5.74) is 3.19. The molecule has 0 saturated carbocycles. The third kappa shape index (κ3) is 2.34. The SMILES string of the molecule is O=C(Cc1ccc2c(c1)C(O)c1ccccc1-2)C(F)(F)F. The number of benzene rings is 2. The van der Waals surface area contributed by atoms with Crippen LogP contribution in [-0.2, 0) is 11.2 Å². The maximum Gasteiger partial charge on any atom is 0.450 e.